The first-order chi connectivity index (χ1) is 25.4. The van der Waals surface area contributed by atoms with Crippen molar-refractivity contribution in [3.8, 4) is 0 Å². The summed E-state index contributed by atoms with van der Waals surface area (Å²) in [6, 6.07) is 12.1. The Kier molecular flexibility index (Phi) is 9.71. The number of carbonyl (C=O) groups is 6. The normalized spacial score (nSPS) is 29.9. The summed E-state index contributed by atoms with van der Waals surface area (Å²) in [4.78, 5) is 84.6. The van der Waals surface area contributed by atoms with E-state index in [-0.39, 0.29) is 12.2 Å². The van der Waals surface area contributed by atoms with Crippen molar-refractivity contribution in [2.45, 2.75) is 84.6 Å². The summed E-state index contributed by atoms with van der Waals surface area (Å²) < 4.78 is 34.6. The van der Waals surface area contributed by atoms with Crippen LogP contribution >= 0.6 is 11.8 Å². The van der Waals surface area contributed by atoms with Crippen molar-refractivity contribution in [3.05, 3.63) is 82.2 Å². The number of nitrogens with zero attached hydrogens (tertiary/aromatic N) is 5. The number of carboxylic acid groups (broad SMARTS) is 1. The Morgan fingerprint density at radius 2 is 1.69 bits per heavy atom. The standard InChI is InChI=1S/C34H37N7O11S2/c1-32(2)24(27(44)45)40-29(47)34(30(40)53-32,37-26(43)23(38-39-35)20-13-9-6-10-14-20)17-52-28(46)25-33(3,4)54(49,50)22-15-21(42)41(22,25)18-36-31(48)51-16-19-11-7-5-8-12-19/h5-14,22-25,30H,15-18H2,1-4H3,(H2-,36,37,43,44,45,48)/p+1/t22-,23?,24+,25+,30-,34?,41?/m1/s1. The molecule has 6 rings (SSSR count). The number of sulfone groups is 1. The molecule has 20 heteroatoms. The van der Waals surface area contributed by atoms with Gasteiger partial charge in [0.2, 0.25) is 27.2 Å². The molecule has 0 aliphatic carbocycles. The zero-order chi connectivity index (χ0) is 39.4. The van der Waals surface area contributed by atoms with Crippen molar-refractivity contribution in [3.63, 3.8) is 0 Å². The molecular formula is C34H38N7O11S2+. The highest BCUT2D eigenvalue weighted by molar-refractivity contribution is 8.01. The molecule has 3 unspecified atom stereocenters. The van der Waals surface area contributed by atoms with Gasteiger partial charge >= 0.3 is 23.9 Å². The number of azide groups is 1. The second-order valence-corrected chi connectivity index (χ2v) is 19.0. The van der Waals surface area contributed by atoms with E-state index in [0.29, 0.717) is 5.56 Å². The summed E-state index contributed by atoms with van der Waals surface area (Å²) in [5.74, 6) is -5.05. The molecule has 0 radical (unpaired) electrons. The second-order valence-electron chi connectivity index (χ2n) is 14.5. The van der Waals surface area contributed by atoms with Crippen LogP contribution in [0.2, 0.25) is 0 Å². The van der Waals surface area contributed by atoms with Crippen LogP contribution in [0, 0.1) is 0 Å². The Morgan fingerprint density at radius 3 is 2.28 bits per heavy atom. The summed E-state index contributed by atoms with van der Waals surface area (Å²) in [5.41, 5.74) is 8.13. The number of hydrogen-bond donors (Lipinski definition) is 3. The third kappa shape index (κ3) is 5.84. The van der Waals surface area contributed by atoms with Crippen molar-refractivity contribution in [2.75, 3.05) is 13.3 Å². The van der Waals surface area contributed by atoms with Crippen LogP contribution in [0.3, 0.4) is 0 Å². The number of esters is 1. The van der Waals surface area contributed by atoms with Gasteiger partial charge in [0, 0.05) is 9.66 Å². The van der Waals surface area contributed by atoms with E-state index in [4.69, 9.17) is 9.47 Å². The maximum atomic E-state index is 14.3. The number of amides is 4. The number of ether oxygens (including phenoxy) is 2. The van der Waals surface area contributed by atoms with Gasteiger partial charge in [0.25, 0.3) is 5.91 Å². The van der Waals surface area contributed by atoms with Gasteiger partial charge in [-0.1, -0.05) is 65.8 Å². The molecule has 0 saturated carbocycles. The molecule has 4 aliphatic rings. The lowest BCUT2D eigenvalue weighted by Gasteiger charge is -2.53. The molecule has 54 heavy (non-hydrogen) atoms. The third-order valence-electron chi connectivity index (χ3n) is 10.7. The van der Waals surface area contributed by atoms with Gasteiger partial charge in [0.05, 0.1) is 0 Å². The quantitative estimate of drug-likeness (QED) is 0.0699. The minimum atomic E-state index is -4.23. The Labute approximate surface area is 313 Å². The largest absolute Gasteiger partial charge is 0.480 e. The van der Waals surface area contributed by atoms with Crippen LogP contribution < -0.4 is 10.6 Å². The number of β-lactam (4-membered cyclic amide) rings is 2. The highest BCUT2D eigenvalue weighted by Gasteiger charge is 2.81. The van der Waals surface area contributed by atoms with Crippen LogP contribution in [0.4, 0.5) is 4.79 Å². The lowest BCUT2D eigenvalue weighted by atomic mass is 9.84. The van der Waals surface area contributed by atoms with Gasteiger partial charge < -0.3 is 24.8 Å². The van der Waals surface area contributed by atoms with E-state index < -0.39 is 114 Å². The molecule has 0 aromatic heterocycles. The Balaban J connectivity index is 1.30. The van der Waals surface area contributed by atoms with E-state index in [1.54, 1.807) is 62.4 Å². The fourth-order valence-corrected chi connectivity index (χ4v) is 12.0. The predicted molar refractivity (Wildman–Crippen MR) is 189 cm³/mol. The van der Waals surface area contributed by atoms with Crippen molar-refractivity contribution >= 4 is 57.4 Å². The molecule has 4 heterocycles. The number of benzene rings is 2. The Morgan fingerprint density at radius 1 is 1.06 bits per heavy atom. The van der Waals surface area contributed by atoms with Gasteiger partial charge in [-0.3, -0.25) is 14.9 Å². The SMILES string of the molecule is CC1(C)S[C@H]2N(C(=O)C2(COC(=O)[C@H]2C(C)(C)S(=O)(=O)[C@@H]3CC(=O)[N+]32CNC(=O)OCc2ccccc2)NC(=O)C(N=[N+]=[N-])c2ccccc2)[C@H]1C(=O)O. The highest BCUT2D eigenvalue weighted by Crippen LogP contribution is 2.56. The fourth-order valence-electron chi connectivity index (χ4n) is 7.90. The van der Waals surface area contributed by atoms with Crippen LogP contribution in [0.5, 0.6) is 0 Å². The van der Waals surface area contributed by atoms with E-state index in [9.17, 15) is 47.8 Å². The monoisotopic (exact) mass is 784 g/mol. The lowest BCUT2D eigenvalue weighted by molar-refractivity contribution is -0.904. The summed E-state index contributed by atoms with van der Waals surface area (Å²) >= 11 is 1.04. The van der Waals surface area contributed by atoms with Crippen molar-refractivity contribution in [1.82, 2.24) is 15.5 Å². The van der Waals surface area contributed by atoms with Gasteiger partial charge in [-0.25, -0.2) is 32.1 Å². The Bertz CT molecular complexity index is 2080. The van der Waals surface area contributed by atoms with Crippen LogP contribution in [0.25, 0.3) is 10.4 Å². The number of aliphatic carboxylic acids is 1. The predicted octanol–water partition coefficient (Wildman–Crippen LogP) is 2.12. The fraction of sp³-hybridized carbons (Fsp3) is 0.471. The number of thioether (sulfide) groups is 1. The van der Waals surface area contributed by atoms with Crippen molar-refractivity contribution < 1.29 is 56.2 Å². The van der Waals surface area contributed by atoms with Crippen LogP contribution in [0.15, 0.2) is 65.8 Å². The molecule has 4 amide bonds. The molecule has 286 valence electrons. The highest BCUT2D eigenvalue weighted by atomic mass is 32.2. The number of hydrogen-bond acceptors (Lipinski definition) is 12. The molecule has 3 N–H and O–H groups in total. The minimum Gasteiger partial charge on any atom is -0.480 e. The number of nitrogens with one attached hydrogen (secondary N) is 2. The van der Waals surface area contributed by atoms with Crippen molar-refractivity contribution in [1.29, 1.82) is 0 Å². The second kappa shape index (κ2) is 13.6. The van der Waals surface area contributed by atoms with Gasteiger partial charge in [-0.2, -0.15) is 0 Å². The zero-order valence-electron chi connectivity index (χ0n) is 29.6. The number of rotatable bonds is 12. The third-order valence-corrected chi connectivity index (χ3v) is 15.3. The molecule has 18 nitrogen and oxygen atoms in total. The topological polar surface area (TPSA) is 251 Å². The molecule has 0 bridgehead atoms. The van der Waals surface area contributed by atoms with Crippen molar-refractivity contribution in [2.24, 2.45) is 5.11 Å². The number of carbonyl (C=O) groups excluding carboxylic acids is 5. The first kappa shape index (κ1) is 38.6. The summed E-state index contributed by atoms with van der Waals surface area (Å²) in [5, 5.41) is 16.2. The molecule has 4 aliphatic heterocycles. The van der Waals surface area contributed by atoms with E-state index >= 15 is 0 Å². The maximum Gasteiger partial charge on any atom is 0.411 e. The summed E-state index contributed by atoms with van der Waals surface area (Å²) in [6.45, 7) is 4.06. The lowest BCUT2D eigenvalue weighted by Crippen LogP contribution is -2.81. The van der Waals surface area contributed by atoms with Gasteiger partial charge in [-0.05, 0) is 44.4 Å². The summed E-state index contributed by atoms with van der Waals surface area (Å²) in [7, 11) is -4.23. The molecular weight excluding hydrogens is 747 g/mol. The summed E-state index contributed by atoms with van der Waals surface area (Å²) in [6.07, 6.45) is -1.39. The molecule has 0 spiro atoms. The molecule has 2 aromatic carbocycles. The van der Waals surface area contributed by atoms with E-state index in [1.165, 1.54) is 26.0 Å². The first-order valence-electron chi connectivity index (χ1n) is 16.8. The number of carboxylic acids is 1. The van der Waals surface area contributed by atoms with E-state index in [1.807, 2.05) is 0 Å². The van der Waals surface area contributed by atoms with Gasteiger partial charge in [-0.15, -0.1) is 11.8 Å². The smallest absolute Gasteiger partial charge is 0.411 e. The molecule has 4 saturated heterocycles. The maximum absolute atomic E-state index is 14.3. The van der Waals surface area contributed by atoms with E-state index in [2.05, 4.69) is 20.7 Å². The Hall–Kier alpha value is -5.17. The average Bonchev–Trinajstić information content (AvgIpc) is 3.45. The number of quaternary nitrogens is 1. The zero-order valence-corrected chi connectivity index (χ0v) is 31.2. The van der Waals surface area contributed by atoms with Crippen LogP contribution in [-0.2, 0) is 49.9 Å². The number of alkyl carbamates (subject to hydrolysis) is 1. The molecule has 2 aromatic rings. The molecule has 7 atom stereocenters. The van der Waals surface area contributed by atoms with E-state index in [0.717, 1.165) is 16.7 Å². The van der Waals surface area contributed by atoms with Crippen LogP contribution in [0.1, 0.15) is 51.3 Å². The molecule has 4 fully saturated rings. The first-order valence-corrected chi connectivity index (χ1v) is 19.2. The number of fused-ring (bicyclic) bond motifs is 2. The average molecular weight is 785 g/mol. The van der Waals surface area contributed by atoms with Gasteiger partial charge in [0.15, 0.2) is 12.2 Å². The van der Waals surface area contributed by atoms with Crippen LogP contribution in [-0.4, -0.2) is 110 Å². The minimum absolute atomic E-state index is 0.123. The van der Waals surface area contributed by atoms with Gasteiger partial charge in [0.1, 0.15) is 41.8 Å².